The molecule has 0 spiro atoms. The number of anilines is 1. The molecule has 110 valence electrons. The molecule has 2 aromatic carbocycles. The highest BCUT2D eigenvalue weighted by Gasteiger charge is 2.11. The van der Waals surface area contributed by atoms with Crippen LogP contribution in [0.1, 0.15) is 18.6 Å². The van der Waals surface area contributed by atoms with E-state index in [1.165, 1.54) is 6.92 Å². The Kier molecular flexibility index (Phi) is 5.20. The topological polar surface area (TPSA) is 58.6 Å². The molecule has 0 aromatic heterocycles. The van der Waals surface area contributed by atoms with Crippen molar-refractivity contribution in [3.63, 3.8) is 0 Å². The summed E-state index contributed by atoms with van der Waals surface area (Å²) >= 11 is 5.89. The second-order valence-corrected chi connectivity index (χ2v) is 5.00. The van der Waals surface area contributed by atoms with Crippen LogP contribution in [-0.4, -0.2) is 17.6 Å². The molecule has 0 saturated carbocycles. The monoisotopic (exact) mass is 305 g/mol. The molecule has 2 aromatic rings. The van der Waals surface area contributed by atoms with Crippen LogP contribution in [0.4, 0.5) is 5.69 Å². The van der Waals surface area contributed by atoms with Crippen molar-refractivity contribution in [1.29, 1.82) is 0 Å². The van der Waals surface area contributed by atoms with Crippen LogP contribution in [0.25, 0.3) is 0 Å². The van der Waals surface area contributed by atoms with Crippen LogP contribution in [0.3, 0.4) is 0 Å². The van der Waals surface area contributed by atoms with Gasteiger partial charge in [-0.1, -0.05) is 35.9 Å². The predicted octanol–water partition coefficient (Wildman–Crippen LogP) is 3.41. The molecular weight excluding hydrogens is 290 g/mol. The fourth-order valence-corrected chi connectivity index (χ4v) is 2.06. The maximum absolute atomic E-state index is 11.1. The molecule has 0 heterocycles. The molecule has 1 atom stereocenters. The SMILES string of the molecule is CC(=O)Nc1ccccc1OCC(O)c1cccc(Cl)c1. The first-order valence-electron chi connectivity index (χ1n) is 6.49. The molecule has 4 nitrogen and oxygen atoms in total. The summed E-state index contributed by atoms with van der Waals surface area (Å²) in [7, 11) is 0. The van der Waals surface area contributed by atoms with E-state index in [-0.39, 0.29) is 12.5 Å². The smallest absolute Gasteiger partial charge is 0.221 e. The van der Waals surface area contributed by atoms with Gasteiger partial charge in [-0.2, -0.15) is 0 Å². The van der Waals surface area contributed by atoms with Gasteiger partial charge in [-0.25, -0.2) is 0 Å². The van der Waals surface area contributed by atoms with Crippen LogP contribution in [0.2, 0.25) is 5.02 Å². The van der Waals surface area contributed by atoms with E-state index in [1.54, 1.807) is 48.5 Å². The quantitative estimate of drug-likeness (QED) is 0.890. The van der Waals surface area contributed by atoms with Gasteiger partial charge < -0.3 is 15.2 Å². The minimum atomic E-state index is -0.797. The Morgan fingerprint density at radius 3 is 2.76 bits per heavy atom. The van der Waals surface area contributed by atoms with E-state index in [2.05, 4.69) is 5.32 Å². The molecule has 0 saturated heterocycles. The van der Waals surface area contributed by atoms with Crippen LogP contribution in [0.5, 0.6) is 5.75 Å². The number of carbonyl (C=O) groups excluding carboxylic acids is 1. The molecule has 0 radical (unpaired) electrons. The lowest BCUT2D eigenvalue weighted by molar-refractivity contribution is -0.114. The molecular formula is C16H16ClNO3. The van der Waals surface area contributed by atoms with Crippen LogP contribution in [0.15, 0.2) is 48.5 Å². The molecule has 1 unspecified atom stereocenters. The summed E-state index contributed by atoms with van der Waals surface area (Å²) in [6, 6.07) is 14.0. The third-order valence-electron chi connectivity index (χ3n) is 2.83. The van der Waals surface area contributed by atoms with Crippen LogP contribution in [0, 0.1) is 0 Å². The van der Waals surface area contributed by atoms with Gasteiger partial charge >= 0.3 is 0 Å². The Morgan fingerprint density at radius 2 is 2.05 bits per heavy atom. The van der Waals surface area contributed by atoms with Gasteiger partial charge in [0.1, 0.15) is 18.5 Å². The van der Waals surface area contributed by atoms with Crippen molar-refractivity contribution in [2.75, 3.05) is 11.9 Å². The number of ether oxygens (including phenoxy) is 1. The second-order valence-electron chi connectivity index (χ2n) is 4.56. The van der Waals surface area contributed by atoms with Crippen molar-refractivity contribution in [3.8, 4) is 5.75 Å². The number of halogens is 1. The highest BCUT2D eigenvalue weighted by atomic mass is 35.5. The highest BCUT2D eigenvalue weighted by molar-refractivity contribution is 6.30. The molecule has 2 rings (SSSR count). The molecule has 21 heavy (non-hydrogen) atoms. The van der Waals surface area contributed by atoms with Crippen LogP contribution < -0.4 is 10.1 Å². The zero-order valence-corrected chi connectivity index (χ0v) is 12.3. The minimum absolute atomic E-state index is 0.0664. The summed E-state index contributed by atoms with van der Waals surface area (Å²) < 4.78 is 5.59. The van der Waals surface area contributed by atoms with Crippen molar-refractivity contribution >= 4 is 23.2 Å². The van der Waals surface area contributed by atoms with Gasteiger partial charge in [-0.3, -0.25) is 4.79 Å². The van der Waals surface area contributed by atoms with Gasteiger partial charge in [0.05, 0.1) is 5.69 Å². The van der Waals surface area contributed by atoms with Crippen molar-refractivity contribution in [2.24, 2.45) is 0 Å². The number of benzene rings is 2. The largest absolute Gasteiger partial charge is 0.488 e. The third kappa shape index (κ3) is 4.48. The molecule has 0 fully saturated rings. The Morgan fingerprint density at radius 1 is 1.29 bits per heavy atom. The first-order chi connectivity index (χ1) is 10.1. The molecule has 0 aliphatic heterocycles. The van der Waals surface area contributed by atoms with E-state index in [4.69, 9.17) is 16.3 Å². The maximum atomic E-state index is 11.1. The molecule has 1 amide bonds. The summed E-state index contributed by atoms with van der Waals surface area (Å²) in [6.45, 7) is 1.49. The van der Waals surface area contributed by atoms with E-state index >= 15 is 0 Å². The summed E-state index contributed by atoms with van der Waals surface area (Å²) in [5.74, 6) is 0.329. The number of para-hydroxylation sites is 2. The van der Waals surface area contributed by atoms with Crippen molar-refractivity contribution < 1.29 is 14.6 Å². The number of amides is 1. The highest BCUT2D eigenvalue weighted by Crippen LogP contribution is 2.25. The Hall–Kier alpha value is -2.04. The first kappa shape index (κ1) is 15.4. The summed E-state index contributed by atoms with van der Waals surface area (Å²) in [4.78, 5) is 11.1. The van der Waals surface area contributed by atoms with Gasteiger partial charge in [-0.05, 0) is 29.8 Å². The molecule has 0 aliphatic carbocycles. The molecule has 0 bridgehead atoms. The van der Waals surface area contributed by atoms with Gasteiger partial charge in [-0.15, -0.1) is 0 Å². The van der Waals surface area contributed by atoms with Crippen molar-refractivity contribution in [2.45, 2.75) is 13.0 Å². The average molecular weight is 306 g/mol. The van der Waals surface area contributed by atoms with E-state index in [1.807, 2.05) is 0 Å². The van der Waals surface area contributed by atoms with Gasteiger partial charge in [0, 0.05) is 11.9 Å². The molecule has 5 heteroatoms. The normalized spacial score (nSPS) is 11.8. The number of rotatable bonds is 5. The third-order valence-corrected chi connectivity index (χ3v) is 3.06. The lowest BCUT2D eigenvalue weighted by Gasteiger charge is -2.15. The number of aliphatic hydroxyl groups is 1. The first-order valence-corrected chi connectivity index (χ1v) is 6.87. The number of hydrogen-bond donors (Lipinski definition) is 2. The fraction of sp³-hybridized carbons (Fsp3) is 0.188. The van der Waals surface area contributed by atoms with Gasteiger partial charge in [0.15, 0.2) is 0 Å². The van der Waals surface area contributed by atoms with Crippen LogP contribution in [-0.2, 0) is 4.79 Å². The minimum Gasteiger partial charge on any atom is -0.488 e. The molecule has 2 N–H and O–H groups in total. The van der Waals surface area contributed by atoms with Crippen molar-refractivity contribution in [1.82, 2.24) is 0 Å². The number of aliphatic hydroxyl groups excluding tert-OH is 1. The zero-order chi connectivity index (χ0) is 15.2. The zero-order valence-electron chi connectivity index (χ0n) is 11.5. The fourth-order valence-electron chi connectivity index (χ4n) is 1.86. The summed E-state index contributed by atoms with van der Waals surface area (Å²) in [5.41, 5.74) is 1.25. The summed E-state index contributed by atoms with van der Waals surface area (Å²) in [5, 5.41) is 13.3. The number of carbonyl (C=O) groups is 1. The van der Waals surface area contributed by atoms with E-state index in [0.29, 0.717) is 22.0 Å². The Balaban J connectivity index is 2.04. The average Bonchev–Trinajstić information content (AvgIpc) is 2.45. The Labute approximate surface area is 128 Å². The standard InChI is InChI=1S/C16H16ClNO3/c1-11(19)18-14-7-2-3-8-16(14)21-10-15(20)12-5-4-6-13(17)9-12/h2-9,15,20H,10H2,1H3,(H,18,19). The van der Waals surface area contributed by atoms with Crippen LogP contribution >= 0.6 is 11.6 Å². The van der Waals surface area contributed by atoms with E-state index in [9.17, 15) is 9.90 Å². The number of hydrogen-bond acceptors (Lipinski definition) is 3. The second kappa shape index (κ2) is 7.11. The van der Waals surface area contributed by atoms with E-state index < -0.39 is 6.10 Å². The molecule has 0 aliphatic rings. The van der Waals surface area contributed by atoms with Gasteiger partial charge in [0.25, 0.3) is 0 Å². The van der Waals surface area contributed by atoms with Crippen molar-refractivity contribution in [3.05, 3.63) is 59.1 Å². The Bertz CT molecular complexity index is 630. The maximum Gasteiger partial charge on any atom is 0.221 e. The van der Waals surface area contributed by atoms with E-state index in [0.717, 1.165) is 0 Å². The predicted molar refractivity (Wildman–Crippen MR) is 82.7 cm³/mol. The van der Waals surface area contributed by atoms with Gasteiger partial charge in [0.2, 0.25) is 5.91 Å². The number of nitrogens with one attached hydrogen (secondary N) is 1. The summed E-state index contributed by atoms with van der Waals surface area (Å²) in [6.07, 6.45) is -0.797. The lowest BCUT2D eigenvalue weighted by Crippen LogP contribution is -2.12. The lowest BCUT2D eigenvalue weighted by atomic mass is 10.1.